The number of amides is 2. The lowest BCUT2D eigenvalue weighted by Gasteiger charge is -2.33. The van der Waals surface area contributed by atoms with E-state index in [-0.39, 0.29) is 11.8 Å². The van der Waals surface area contributed by atoms with Crippen molar-refractivity contribution in [2.45, 2.75) is 251 Å². The SMILES string of the molecule is CB(O)NCCCCN(CC(CCCCCCNC(=O)CCCCCCCCCCCCCCCCCCCCCCCNC(=O)[C@H](O)[C@@H](O)[C@H](O)[C@H](O)CO)CN(CCCCNB(C)O)B(C)O)B(C)O. The van der Waals surface area contributed by atoms with Crippen molar-refractivity contribution in [3.63, 3.8) is 0 Å². The molecule has 0 fully saturated rings. The Labute approximate surface area is 440 Å². The Morgan fingerprint density at radius 3 is 1.17 bits per heavy atom. The highest BCUT2D eigenvalue weighted by Gasteiger charge is 2.34. The maximum absolute atomic E-state index is 12.5. The molecule has 0 aliphatic carbocycles. The third-order valence-corrected chi connectivity index (χ3v) is 13.9. The largest absolute Gasteiger partial charge is 0.437 e. The highest BCUT2D eigenvalue weighted by atomic mass is 16.4. The number of unbranched alkanes of at least 4 members (excludes halogenated alkanes) is 25. The van der Waals surface area contributed by atoms with Gasteiger partial charge in [-0.15, -0.1) is 0 Å². The molecule has 0 aromatic rings. The minimum Gasteiger partial charge on any atom is -0.437 e. The van der Waals surface area contributed by atoms with E-state index in [1.807, 2.05) is 13.6 Å². The average Bonchev–Trinajstić information content (AvgIpc) is 3.34. The molecule has 422 valence electrons. The van der Waals surface area contributed by atoms with E-state index < -0.39 is 65.1 Å². The first-order chi connectivity index (χ1) is 34.6. The van der Waals surface area contributed by atoms with Crippen molar-refractivity contribution in [1.82, 2.24) is 30.7 Å². The molecule has 0 radical (unpaired) electrons. The lowest BCUT2D eigenvalue weighted by atomic mass is 9.80. The number of hydrogen-bond donors (Lipinski definition) is 13. The van der Waals surface area contributed by atoms with Crippen LogP contribution >= 0.6 is 0 Å². The number of aliphatic hydroxyl groups excluding tert-OH is 5. The first-order valence-electron chi connectivity index (χ1n) is 29.1. The fourth-order valence-corrected chi connectivity index (χ4v) is 9.26. The van der Waals surface area contributed by atoms with Gasteiger partial charge >= 0.3 is 28.2 Å². The molecule has 0 saturated carbocycles. The highest BCUT2D eigenvalue weighted by molar-refractivity contribution is 6.46. The second-order valence-corrected chi connectivity index (χ2v) is 21.0. The van der Waals surface area contributed by atoms with Gasteiger partial charge in [-0.2, -0.15) is 0 Å². The summed E-state index contributed by atoms with van der Waals surface area (Å²) in [6, 6.07) is 0. The normalized spacial score (nSPS) is 13.4. The molecule has 0 saturated heterocycles. The van der Waals surface area contributed by atoms with E-state index in [1.165, 1.54) is 96.3 Å². The van der Waals surface area contributed by atoms with Gasteiger partial charge in [-0.3, -0.25) is 9.59 Å². The quantitative estimate of drug-likeness (QED) is 0.0294. The number of rotatable bonds is 54. The van der Waals surface area contributed by atoms with E-state index in [0.29, 0.717) is 13.0 Å². The smallest absolute Gasteiger partial charge is 0.376 e. The summed E-state index contributed by atoms with van der Waals surface area (Å²) >= 11 is 0. The molecular formula is C51H110B4N6O11. The van der Waals surface area contributed by atoms with Crippen molar-refractivity contribution in [2.24, 2.45) is 5.92 Å². The Bertz CT molecular complexity index is 1200. The molecule has 4 atom stereocenters. The van der Waals surface area contributed by atoms with Crippen LogP contribution in [0, 0.1) is 5.92 Å². The molecule has 21 heteroatoms. The van der Waals surface area contributed by atoms with Crippen LogP contribution in [-0.2, 0) is 9.59 Å². The third kappa shape index (κ3) is 42.9. The van der Waals surface area contributed by atoms with E-state index >= 15 is 0 Å². The second kappa shape index (κ2) is 49.3. The summed E-state index contributed by atoms with van der Waals surface area (Å²) in [4.78, 5) is 28.7. The van der Waals surface area contributed by atoms with Gasteiger partial charge in [-0.05, 0) is 124 Å². The summed E-state index contributed by atoms with van der Waals surface area (Å²) in [7, 11) is -2.19. The van der Waals surface area contributed by atoms with Gasteiger partial charge in [0.2, 0.25) is 5.91 Å². The number of carbonyl (C=O) groups is 2. The zero-order valence-corrected chi connectivity index (χ0v) is 46.2. The minimum absolute atomic E-state index is 0.167. The Morgan fingerprint density at radius 2 is 0.792 bits per heavy atom. The second-order valence-electron chi connectivity index (χ2n) is 21.0. The maximum Gasteiger partial charge on any atom is 0.376 e. The van der Waals surface area contributed by atoms with Crippen molar-refractivity contribution in [1.29, 1.82) is 0 Å². The lowest BCUT2D eigenvalue weighted by Crippen LogP contribution is -2.51. The van der Waals surface area contributed by atoms with Crippen molar-refractivity contribution >= 4 is 40.0 Å². The van der Waals surface area contributed by atoms with Crippen molar-refractivity contribution in [3.8, 4) is 0 Å². The van der Waals surface area contributed by atoms with Crippen LogP contribution in [0.4, 0.5) is 0 Å². The molecule has 2 amide bonds. The molecule has 0 aromatic heterocycles. The van der Waals surface area contributed by atoms with Crippen molar-refractivity contribution in [3.05, 3.63) is 0 Å². The van der Waals surface area contributed by atoms with Crippen LogP contribution in [0.3, 0.4) is 0 Å². The van der Waals surface area contributed by atoms with E-state index in [1.54, 1.807) is 13.6 Å². The summed E-state index contributed by atoms with van der Waals surface area (Å²) in [5.74, 6) is -0.360. The van der Waals surface area contributed by atoms with Gasteiger partial charge in [0.25, 0.3) is 5.91 Å². The summed E-state index contributed by atoms with van der Waals surface area (Å²) in [5, 5.41) is 99.6. The van der Waals surface area contributed by atoms with Gasteiger partial charge in [0.05, 0.1) is 6.61 Å². The van der Waals surface area contributed by atoms with Gasteiger partial charge in [0, 0.05) is 19.5 Å². The van der Waals surface area contributed by atoms with Gasteiger partial charge in [-0.1, -0.05) is 141 Å². The summed E-state index contributed by atoms with van der Waals surface area (Å²) in [6.07, 6.45) is 27.7. The third-order valence-electron chi connectivity index (χ3n) is 13.9. The number of nitrogens with zero attached hydrogens (tertiary/aromatic N) is 2. The summed E-state index contributed by atoms with van der Waals surface area (Å²) in [6.45, 7) is 11.9. The van der Waals surface area contributed by atoms with E-state index in [4.69, 9.17) is 5.11 Å². The maximum atomic E-state index is 12.5. The number of carbonyl (C=O) groups excluding carboxylic acids is 2. The van der Waals surface area contributed by atoms with Crippen LogP contribution in [0.1, 0.15) is 199 Å². The monoisotopic (exact) mass is 1030 g/mol. The average molecular weight is 1030 g/mol. The number of aliphatic hydroxyl groups is 5. The Balaban J connectivity index is 3.95. The summed E-state index contributed by atoms with van der Waals surface area (Å²) in [5.41, 5.74) is 0. The van der Waals surface area contributed by atoms with Crippen LogP contribution in [0.5, 0.6) is 0 Å². The lowest BCUT2D eigenvalue weighted by molar-refractivity contribution is -0.148. The summed E-state index contributed by atoms with van der Waals surface area (Å²) < 4.78 is 0. The van der Waals surface area contributed by atoms with Crippen LogP contribution in [0.25, 0.3) is 0 Å². The van der Waals surface area contributed by atoms with E-state index in [0.717, 1.165) is 142 Å². The molecule has 0 rings (SSSR count). The zero-order chi connectivity index (χ0) is 53.6. The molecule has 0 unspecified atom stereocenters. The molecule has 0 aromatic carbocycles. The topological polar surface area (TPSA) is 271 Å². The molecule has 17 nitrogen and oxygen atoms in total. The first-order valence-corrected chi connectivity index (χ1v) is 29.1. The van der Waals surface area contributed by atoms with Crippen LogP contribution in [-0.4, -0.2) is 179 Å². The van der Waals surface area contributed by atoms with Crippen molar-refractivity contribution in [2.75, 3.05) is 59.0 Å². The highest BCUT2D eigenvalue weighted by Crippen LogP contribution is 2.19. The van der Waals surface area contributed by atoms with Gasteiger partial charge < -0.3 is 76.3 Å². The predicted octanol–water partition coefficient (Wildman–Crippen LogP) is 4.59. The molecule has 0 heterocycles. The van der Waals surface area contributed by atoms with Gasteiger partial charge in [0.1, 0.15) is 18.3 Å². The molecular weight excluding hydrogens is 916 g/mol. The number of hydrogen-bond acceptors (Lipinski definition) is 15. The van der Waals surface area contributed by atoms with Crippen LogP contribution in [0.2, 0.25) is 27.3 Å². The molecule has 13 N–H and O–H groups in total. The van der Waals surface area contributed by atoms with Crippen molar-refractivity contribution < 1.29 is 55.2 Å². The fraction of sp³-hybridized carbons (Fsp3) is 0.961. The standard InChI is InChI=1S/C51H110B4N6O11/c1-52(69)58-38-30-32-40-60(54(3)71)42-45(43-61(55(4)72)41-33-31-39-59-53(2)70)34-26-23-25-28-36-56-47(64)35-27-22-20-18-16-14-12-10-8-6-5-7-9-11-13-15-17-19-21-24-29-37-57-51(68)50(67)49(66)48(65)46(63)44-62/h45-46,48-50,58-59,62-63,65-67,69-72H,5-44H2,1-4H3,(H,56,64)(H,57,68)/t46-,48-,49+,50-/m1/s1. The molecule has 72 heavy (non-hydrogen) atoms. The Morgan fingerprint density at radius 1 is 0.444 bits per heavy atom. The van der Waals surface area contributed by atoms with E-state index in [2.05, 4.69) is 30.7 Å². The van der Waals surface area contributed by atoms with E-state index in [9.17, 15) is 50.1 Å². The van der Waals surface area contributed by atoms with Crippen LogP contribution < -0.4 is 21.1 Å². The fourth-order valence-electron chi connectivity index (χ4n) is 9.26. The first kappa shape index (κ1) is 70.7. The van der Waals surface area contributed by atoms with Crippen LogP contribution in [0.15, 0.2) is 0 Å². The molecule has 0 bridgehead atoms. The molecule has 0 aliphatic heterocycles. The van der Waals surface area contributed by atoms with Gasteiger partial charge in [-0.25, -0.2) is 0 Å². The number of nitrogens with one attached hydrogen (secondary N) is 4. The van der Waals surface area contributed by atoms with Gasteiger partial charge in [0.15, 0.2) is 6.10 Å². The predicted molar refractivity (Wildman–Crippen MR) is 298 cm³/mol. The Kier molecular flexibility index (Phi) is 48.4. The molecule has 0 spiro atoms. The zero-order valence-electron chi connectivity index (χ0n) is 46.2. The minimum atomic E-state index is -1.88. The Hall–Kier alpha value is -1.32. The molecule has 0 aliphatic rings.